The van der Waals surface area contributed by atoms with E-state index in [4.69, 9.17) is 4.74 Å². The van der Waals surface area contributed by atoms with Crippen LogP contribution in [-0.4, -0.2) is 32.1 Å². The number of rotatable bonds is 10. The fourth-order valence-corrected chi connectivity index (χ4v) is 3.32. The first kappa shape index (κ1) is 21.2. The van der Waals surface area contributed by atoms with Gasteiger partial charge in [-0.05, 0) is 74.5 Å². The van der Waals surface area contributed by atoms with Crippen molar-refractivity contribution in [3.05, 3.63) is 71.8 Å². The smallest absolute Gasteiger partial charge is 0.119 e. The van der Waals surface area contributed by atoms with Crippen LogP contribution in [-0.2, 0) is 6.42 Å². The molecule has 27 heavy (non-hydrogen) atoms. The topological polar surface area (TPSA) is 12.5 Å². The maximum absolute atomic E-state index is 5.82. The summed E-state index contributed by atoms with van der Waals surface area (Å²) in [5.41, 5.74) is 5.14. The van der Waals surface area contributed by atoms with Crippen molar-refractivity contribution in [1.29, 1.82) is 0 Å². The molecule has 0 saturated heterocycles. The van der Waals surface area contributed by atoms with E-state index in [2.05, 4.69) is 94.9 Å². The summed E-state index contributed by atoms with van der Waals surface area (Å²) in [6.07, 6.45) is 2.23. The van der Waals surface area contributed by atoms with Gasteiger partial charge in [-0.2, -0.15) is 0 Å². The Kier molecular flexibility index (Phi) is 8.12. The first-order chi connectivity index (χ1) is 12.8. The number of hydrogen-bond acceptors (Lipinski definition) is 2. The largest absolute Gasteiger partial charge is 0.492 e. The highest BCUT2D eigenvalue weighted by Gasteiger charge is 2.15. The van der Waals surface area contributed by atoms with Crippen LogP contribution >= 0.6 is 0 Å². The van der Waals surface area contributed by atoms with Crippen LogP contribution in [0.4, 0.5) is 0 Å². The minimum Gasteiger partial charge on any atom is -0.492 e. The van der Waals surface area contributed by atoms with Gasteiger partial charge < -0.3 is 9.64 Å². The molecule has 2 nitrogen and oxygen atoms in total. The maximum Gasteiger partial charge on any atom is 0.119 e. The summed E-state index contributed by atoms with van der Waals surface area (Å²) < 4.78 is 5.82. The Morgan fingerprint density at radius 1 is 1.07 bits per heavy atom. The Morgan fingerprint density at radius 2 is 1.78 bits per heavy atom. The lowest BCUT2D eigenvalue weighted by atomic mass is 9.84. The lowest BCUT2D eigenvalue weighted by Gasteiger charge is -2.21. The molecule has 0 spiro atoms. The van der Waals surface area contributed by atoms with Gasteiger partial charge in [0.05, 0.1) is 0 Å². The molecule has 0 saturated carbocycles. The Labute approximate surface area is 165 Å². The third-order valence-electron chi connectivity index (χ3n) is 4.82. The zero-order valence-electron chi connectivity index (χ0n) is 17.7. The number of nitrogens with zero attached hydrogens (tertiary/aromatic N) is 1. The van der Waals surface area contributed by atoms with Crippen molar-refractivity contribution in [3.8, 4) is 5.75 Å². The van der Waals surface area contributed by atoms with E-state index in [-0.39, 0.29) is 0 Å². The Balaban J connectivity index is 2.09. The lowest BCUT2D eigenvalue weighted by Crippen LogP contribution is -2.19. The molecule has 0 aliphatic carbocycles. The van der Waals surface area contributed by atoms with Gasteiger partial charge in [0.1, 0.15) is 12.4 Å². The molecule has 2 rings (SSSR count). The summed E-state index contributed by atoms with van der Waals surface area (Å²) in [6, 6.07) is 17.5. The summed E-state index contributed by atoms with van der Waals surface area (Å²) in [4.78, 5) is 2.13. The molecule has 2 heteroatoms. The van der Waals surface area contributed by atoms with Gasteiger partial charge in [0.15, 0.2) is 0 Å². The second-order valence-corrected chi connectivity index (χ2v) is 8.23. The molecule has 2 aromatic rings. The van der Waals surface area contributed by atoms with Crippen molar-refractivity contribution in [3.63, 3.8) is 0 Å². The molecular weight excluding hydrogens is 330 g/mol. The number of hydrogen-bond donors (Lipinski definition) is 0. The van der Waals surface area contributed by atoms with Gasteiger partial charge in [-0.25, -0.2) is 0 Å². The highest BCUT2D eigenvalue weighted by atomic mass is 16.5. The van der Waals surface area contributed by atoms with Crippen LogP contribution in [0, 0.1) is 5.92 Å². The second-order valence-electron chi connectivity index (χ2n) is 8.23. The average Bonchev–Trinajstić information content (AvgIpc) is 2.62. The molecule has 0 N–H and O–H groups in total. The van der Waals surface area contributed by atoms with Gasteiger partial charge >= 0.3 is 0 Å². The van der Waals surface area contributed by atoms with Gasteiger partial charge in [-0.3, -0.25) is 0 Å². The number of allylic oxidation sites excluding steroid dienone is 1. The van der Waals surface area contributed by atoms with Crippen LogP contribution in [0.3, 0.4) is 0 Å². The van der Waals surface area contributed by atoms with Crippen molar-refractivity contribution in [2.45, 2.75) is 39.5 Å². The van der Waals surface area contributed by atoms with Crippen LogP contribution in [0.25, 0.3) is 5.57 Å². The average molecular weight is 366 g/mol. The molecule has 0 radical (unpaired) electrons. The van der Waals surface area contributed by atoms with Crippen LogP contribution in [0.15, 0.2) is 55.1 Å². The fourth-order valence-electron chi connectivity index (χ4n) is 3.32. The van der Waals surface area contributed by atoms with E-state index in [0.717, 1.165) is 30.9 Å². The monoisotopic (exact) mass is 365 g/mol. The lowest BCUT2D eigenvalue weighted by molar-refractivity contribution is 0.261. The molecule has 146 valence electrons. The Morgan fingerprint density at radius 3 is 2.37 bits per heavy atom. The number of ether oxygens (including phenoxy) is 1. The molecule has 0 heterocycles. The number of likely N-dealkylation sites (N-methyl/N-ethyl adjacent to an activating group) is 1. The van der Waals surface area contributed by atoms with E-state index in [1.165, 1.54) is 23.1 Å². The third-order valence-corrected chi connectivity index (χ3v) is 4.82. The molecule has 0 bridgehead atoms. The van der Waals surface area contributed by atoms with Crippen molar-refractivity contribution >= 4 is 5.57 Å². The number of benzene rings is 2. The van der Waals surface area contributed by atoms with Gasteiger partial charge in [0, 0.05) is 6.54 Å². The van der Waals surface area contributed by atoms with Gasteiger partial charge in [-0.1, -0.05) is 62.4 Å². The summed E-state index contributed by atoms with van der Waals surface area (Å²) in [7, 11) is 4.12. The predicted octanol–water partition coefficient (Wildman–Crippen LogP) is 6.03. The Hall–Kier alpha value is -2.06. The molecule has 1 atom stereocenters. The van der Waals surface area contributed by atoms with E-state index in [0.29, 0.717) is 11.8 Å². The minimum atomic E-state index is 0.518. The van der Waals surface area contributed by atoms with Crippen LogP contribution in [0.1, 0.15) is 49.8 Å². The summed E-state index contributed by atoms with van der Waals surface area (Å²) in [5, 5.41) is 0. The highest BCUT2D eigenvalue weighted by Crippen LogP contribution is 2.30. The van der Waals surface area contributed by atoms with E-state index >= 15 is 0 Å². The molecule has 0 aromatic heterocycles. The van der Waals surface area contributed by atoms with E-state index in [1.807, 2.05) is 0 Å². The Bertz CT molecular complexity index is 715. The summed E-state index contributed by atoms with van der Waals surface area (Å²) >= 11 is 0. The second kappa shape index (κ2) is 10.3. The molecule has 0 fully saturated rings. The van der Waals surface area contributed by atoms with Crippen LogP contribution in [0.2, 0.25) is 0 Å². The molecular formula is C25H35NO. The zero-order valence-corrected chi connectivity index (χ0v) is 17.7. The zero-order chi connectivity index (χ0) is 19.8. The van der Waals surface area contributed by atoms with Crippen molar-refractivity contribution in [2.24, 2.45) is 5.92 Å². The normalized spacial score (nSPS) is 12.4. The quantitative estimate of drug-likeness (QED) is 0.509. The standard InChI is InChI=1S/C25H35NO/c1-19(2)16-24(23-9-7-8-22(18-23)20(3)4)17-21-10-12-25(13-11-21)27-15-14-26(5)6/h7-13,18-19,24H,3,14-17H2,1-2,4-6H3. The molecule has 2 aromatic carbocycles. The van der Waals surface area contributed by atoms with Gasteiger partial charge in [0.2, 0.25) is 0 Å². The first-order valence-electron chi connectivity index (χ1n) is 9.97. The molecule has 0 amide bonds. The van der Waals surface area contributed by atoms with Crippen molar-refractivity contribution in [2.75, 3.05) is 27.2 Å². The molecule has 0 aliphatic heterocycles. The minimum absolute atomic E-state index is 0.518. The fraction of sp³-hybridized carbons (Fsp3) is 0.440. The van der Waals surface area contributed by atoms with Crippen molar-refractivity contribution in [1.82, 2.24) is 4.90 Å². The summed E-state index contributed by atoms with van der Waals surface area (Å²) in [5.74, 6) is 2.13. The first-order valence-corrected chi connectivity index (χ1v) is 9.97. The van der Waals surface area contributed by atoms with Crippen LogP contribution < -0.4 is 4.74 Å². The summed E-state index contributed by atoms with van der Waals surface area (Å²) in [6.45, 7) is 12.4. The molecule has 1 unspecified atom stereocenters. The van der Waals surface area contributed by atoms with Crippen LogP contribution in [0.5, 0.6) is 5.75 Å². The van der Waals surface area contributed by atoms with Gasteiger partial charge in [-0.15, -0.1) is 0 Å². The van der Waals surface area contributed by atoms with Gasteiger partial charge in [0.25, 0.3) is 0 Å². The third kappa shape index (κ3) is 7.22. The van der Waals surface area contributed by atoms with E-state index < -0.39 is 0 Å². The highest BCUT2D eigenvalue weighted by molar-refractivity contribution is 5.62. The van der Waals surface area contributed by atoms with Crippen molar-refractivity contribution < 1.29 is 4.74 Å². The molecule has 0 aliphatic rings. The van der Waals surface area contributed by atoms with E-state index in [1.54, 1.807) is 0 Å². The SMILES string of the molecule is C=C(C)c1cccc(C(Cc2ccc(OCCN(C)C)cc2)CC(C)C)c1. The van der Waals surface area contributed by atoms with E-state index in [9.17, 15) is 0 Å². The predicted molar refractivity (Wildman–Crippen MR) is 118 cm³/mol. The maximum atomic E-state index is 5.82.